The Morgan fingerprint density at radius 1 is 0.622 bits per heavy atom. The second-order valence-electron chi connectivity index (χ2n) is 10.5. The fraction of sp³-hybridized carbons (Fsp3) is 0. The molecule has 9 rings (SSSR count). The van der Waals surface area contributed by atoms with Gasteiger partial charge in [0.1, 0.15) is 11.6 Å². The molecule has 1 aliphatic rings. The Labute approximate surface area is 273 Å². The number of aromatic nitrogens is 4. The smallest absolute Gasteiger partial charge is 0.509 e. The van der Waals surface area contributed by atoms with Crippen molar-refractivity contribution in [3.63, 3.8) is 0 Å². The van der Waals surface area contributed by atoms with Gasteiger partial charge in [0.05, 0.1) is 11.8 Å². The number of rotatable bonds is 4. The van der Waals surface area contributed by atoms with Crippen LogP contribution in [0.5, 0.6) is 23.1 Å². The van der Waals surface area contributed by atoms with Crippen LogP contribution in [0.2, 0.25) is 0 Å². The van der Waals surface area contributed by atoms with E-state index in [1.54, 1.807) is 10.9 Å². The molecule has 45 heavy (non-hydrogen) atoms. The van der Waals surface area contributed by atoms with E-state index < -0.39 is 0 Å². The molecule has 0 aliphatic carbocycles. The Kier molecular flexibility index (Phi) is 6.58. The zero-order chi connectivity index (χ0) is 29.0. The molecule has 0 N–H and O–H groups in total. The Morgan fingerprint density at radius 3 is 2.24 bits per heavy atom. The molecule has 0 amide bonds. The maximum Gasteiger partial charge on any atom is 2.00 e. The van der Waals surface area contributed by atoms with Crippen LogP contribution in [0.4, 0.5) is 0 Å². The Morgan fingerprint density at radius 2 is 1.38 bits per heavy atom. The van der Waals surface area contributed by atoms with Gasteiger partial charge in [-0.3, -0.25) is 0 Å². The number of hydrogen-bond donors (Lipinski definition) is 0. The number of pyridine rings is 1. The zero-order valence-corrected chi connectivity index (χ0v) is 25.9. The molecule has 8 aromatic rings. The Bertz CT molecular complexity index is 2360. The largest absolute Gasteiger partial charge is 2.00 e. The summed E-state index contributed by atoms with van der Waals surface area (Å²) in [6.45, 7) is 0. The summed E-state index contributed by atoms with van der Waals surface area (Å²) in [7, 11) is 0. The minimum atomic E-state index is 0. The maximum absolute atomic E-state index is 6.53. The van der Waals surface area contributed by atoms with Crippen LogP contribution in [0.1, 0.15) is 0 Å². The first-order valence-electron chi connectivity index (χ1n) is 14.3. The molecule has 1 aliphatic heterocycles. The van der Waals surface area contributed by atoms with Crippen molar-refractivity contribution in [2.75, 3.05) is 0 Å². The van der Waals surface area contributed by atoms with Crippen LogP contribution >= 0.6 is 0 Å². The van der Waals surface area contributed by atoms with Gasteiger partial charge >= 0.3 is 21.1 Å². The predicted octanol–water partition coefficient (Wildman–Crippen LogP) is 9.19. The molecule has 4 heterocycles. The summed E-state index contributed by atoms with van der Waals surface area (Å²) >= 11 is 0. The van der Waals surface area contributed by atoms with E-state index in [4.69, 9.17) is 14.6 Å². The average Bonchev–Trinajstić information content (AvgIpc) is 3.60. The Hall–Kier alpha value is -5.45. The average molecular weight is 762 g/mol. The van der Waals surface area contributed by atoms with Crippen LogP contribution in [0.3, 0.4) is 0 Å². The van der Waals surface area contributed by atoms with Crippen molar-refractivity contribution in [3.05, 3.63) is 146 Å². The molecule has 6 nitrogen and oxygen atoms in total. The first-order valence-corrected chi connectivity index (χ1v) is 14.3. The van der Waals surface area contributed by atoms with Crippen molar-refractivity contribution in [3.8, 4) is 56.9 Å². The van der Waals surface area contributed by atoms with Crippen LogP contribution in [0.25, 0.3) is 55.6 Å². The van der Waals surface area contributed by atoms with Gasteiger partial charge in [0.25, 0.3) is 0 Å². The number of hydrogen-bond acceptors (Lipinski definition) is 4. The molecule has 0 bridgehead atoms. The summed E-state index contributed by atoms with van der Waals surface area (Å²) in [6.07, 6.45) is 3.65. The third-order valence-electron chi connectivity index (χ3n) is 7.96. The van der Waals surface area contributed by atoms with E-state index in [1.165, 1.54) is 0 Å². The standard InChI is InChI=1S/C38H22N4O2.Pt/c1-2-13-29-28(12-1)32-15-4-6-17-36(32)44-38-33(29)24-40-42(38)25-10-9-11-26(22-25)43-27-19-20-31-30-14-3-5-16-34(30)41(35(31)23-27)37-18-7-8-21-39-37;/h1-21,24H;/q-2;+2. The molecule has 0 fully saturated rings. The van der Waals surface area contributed by atoms with Gasteiger partial charge in [-0.2, -0.15) is 17.2 Å². The topological polar surface area (TPSA) is 54.1 Å². The summed E-state index contributed by atoms with van der Waals surface area (Å²) in [5.41, 5.74) is 6.78. The first-order chi connectivity index (χ1) is 21.8. The zero-order valence-electron chi connectivity index (χ0n) is 23.6. The van der Waals surface area contributed by atoms with E-state index in [0.717, 1.165) is 55.6 Å². The van der Waals surface area contributed by atoms with Gasteiger partial charge < -0.3 is 14.0 Å². The number of nitrogens with zero attached hydrogens (tertiary/aromatic N) is 4. The molecule has 0 atom stereocenters. The van der Waals surface area contributed by atoms with Gasteiger partial charge in [-0.05, 0) is 46.5 Å². The van der Waals surface area contributed by atoms with Crippen LogP contribution in [0.15, 0.2) is 134 Å². The number of ether oxygens (including phenoxy) is 2. The van der Waals surface area contributed by atoms with Crippen molar-refractivity contribution in [2.24, 2.45) is 0 Å². The van der Waals surface area contributed by atoms with Crippen molar-refractivity contribution in [2.45, 2.75) is 0 Å². The van der Waals surface area contributed by atoms with E-state index in [1.807, 2.05) is 91.1 Å². The van der Waals surface area contributed by atoms with Crippen molar-refractivity contribution >= 4 is 21.8 Å². The van der Waals surface area contributed by atoms with E-state index in [9.17, 15) is 0 Å². The predicted molar refractivity (Wildman–Crippen MR) is 171 cm³/mol. The van der Waals surface area contributed by atoms with Crippen LogP contribution in [-0.2, 0) is 21.1 Å². The van der Waals surface area contributed by atoms with E-state index in [2.05, 4.69) is 58.1 Å². The van der Waals surface area contributed by atoms with E-state index in [0.29, 0.717) is 23.1 Å². The van der Waals surface area contributed by atoms with Crippen molar-refractivity contribution in [1.82, 2.24) is 19.3 Å². The van der Waals surface area contributed by atoms with Crippen LogP contribution in [-0.4, -0.2) is 19.3 Å². The number of fused-ring (bicyclic) bond motifs is 8. The molecule has 216 valence electrons. The van der Waals surface area contributed by atoms with Gasteiger partial charge in [0.15, 0.2) is 0 Å². The first kappa shape index (κ1) is 27.1. The SMILES string of the molecule is [Pt+2].[c-]1c(Oc2[c-]c3c(cc2)c2ccccc2n3-c2ccccn2)cccc1-n1ncc2c1Oc1ccccc1-c1ccccc1-2. The van der Waals surface area contributed by atoms with Gasteiger partial charge in [0, 0.05) is 28.8 Å². The minimum absolute atomic E-state index is 0. The molecule has 0 unspecified atom stereocenters. The maximum atomic E-state index is 6.53. The van der Waals surface area contributed by atoms with Gasteiger partial charge in [-0.15, -0.1) is 35.7 Å². The molecule has 0 spiro atoms. The second kappa shape index (κ2) is 10.9. The third-order valence-corrected chi connectivity index (χ3v) is 7.96. The fourth-order valence-electron chi connectivity index (χ4n) is 6.02. The number of para-hydroxylation sites is 2. The fourth-order valence-corrected chi connectivity index (χ4v) is 6.02. The second-order valence-corrected chi connectivity index (χ2v) is 10.5. The molecule has 3 aromatic heterocycles. The van der Waals surface area contributed by atoms with Gasteiger partial charge in [-0.1, -0.05) is 72.2 Å². The normalized spacial score (nSPS) is 11.6. The van der Waals surface area contributed by atoms with Crippen molar-refractivity contribution in [1.29, 1.82) is 0 Å². The Balaban J connectivity index is 0.00000300. The van der Waals surface area contributed by atoms with Gasteiger partial charge in [-0.25, -0.2) is 9.67 Å². The molecule has 0 saturated heterocycles. The molecule has 5 aromatic carbocycles. The summed E-state index contributed by atoms with van der Waals surface area (Å²) in [5, 5.41) is 6.94. The molecule has 0 radical (unpaired) electrons. The summed E-state index contributed by atoms with van der Waals surface area (Å²) in [5.74, 6) is 3.34. The summed E-state index contributed by atoms with van der Waals surface area (Å²) in [6, 6.07) is 47.2. The number of benzene rings is 5. The quantitative estimate of drug-likeness (QED) is 0.168. The monoisotopic (exact) mass is 761 g/mol. The van der Waals surface area contributed by atoms with Crippen molar-refractivity contribution < 1.29 is 30.5 Å². The van der Waals surface area contributed by atoms with Crippen LogP contribution in [0, 0.1) is 12.1 Å². The molecule has 7 heteroatoms. The molecular formula is C38H22N4O2Pt. The van der Waals surface area contributed by atoms with E-state index >= 15 is 0 Å². The summed E-state index contributed by atoms with van der Waals surface area (Å²) in [4.78, 5) is 4.62. The molecular weight excluding hydrogens is 740 g/mol. The molecule has 0 saturated carbocycles. The van der Waals surface area contributed by atoms with E-state index in [-0.39, 0.29) is 21.1 Å². The summed E-state index contributed by atoms with van der Waals surface area (Å²) < 4.78 is 16.8. The van der Waals surface area contributed by atoms with Gasteiger partial charge in [0.2, 0.25) is 5.88 Å². The van der Waals surface area contributed by atoms with Crippen LogP contribution < -0.4 is 9.47 Å². The minimum Gasteiger partial charge on any atom is -0.509 e. The third kappa shape index (κ3) is 4.45.